The van der Waals surface area contributed by atoms with E-state index in [2.05, 4.69) is 19.9 Å². The lowest BCUT2D eigenvalue weighted by atomic mass is 10.2. The van der Waals surface area contributed by atoms with Crippen LogP contribution in [-0.4, -0.2) is 27.0 Å². The molecule has 0 aliphatic heterocycles. The summed E-state index contributed by atoms with van der Waals surface area (Å²) in [6, 6.07) is 5.10. The Bertz CT molecular complexity index is 855. The van der Waals surface area contributed by atoms with Gasteiger partial charge in [-0.15, -0.1) is 0 Å². The van der Waals surface area contributed by atoms with E-state index >= 15 is 0 Å². The average Bonchev–Trinajstić information content (AvgIpc) is 2.62. The largest absolute Gasteiger partial charge is 0.467 e. The highest BCUT2D eigenvalue weighted by molar-refractivity contribution is 7.99. The van der Waals surface area contributed by atoms with Crippen LogP contribution in [0.25, 0.3) is 11.3 Å². The number of benzene rings is 1. The maximum atomic E-state index is 12.6. The van der Waals surface area contributed by atoms with Crippen LogP contribution >= 0.6 is 11.8 Å². The van der Waals surface area contributed by atoms with E-state index in [1.807, 2.05) is 0 Å². The zero-order chi connectivity index (χ0) is 17.9. The van der Waals surface area contributed by atoms with Crippen molar-refractivity contribution in [3.8, 4) is 17.3 Å². The van der Waals surface area contributed by atoms with Crippen molar-refractivity contribution in [3.63, 3.8) is 0 Å². The molecule has 0 radical (unpaired) electrons. The molecular weight excluding hydrogens is 353 g/mol. The number of halogens is 3. The summed E-state index contributed by atoms with van der Waals surface area (Å²) in [4.78, 5) is 17.2. The van der Waals surface area contributed by atoms with Crippen LogP contribution in [-0.2, 0) is 6.18 Å². The highest BCUT2D eigenvalue weighted by Crippen LogP contribution is 2.35. The van der Waals surface area contributed by atoms with E-state index in [-0.39, 0.29) is 6.01 Å². The number of aromatic nitrogens is 4. The summed E-state index contributed by atoms with van der Waals surface area (Å²) < 4.78 is 42.8. The van der Waals surface area contributed by atoms with E-state index in [9.17, 15) is 13.2 Å². The molecule has 5 nitrogen and oxygen atoms in total. The zero-order valence-corrected chi connectivity index (χ0v) is 13.7. The molecule has 3 rings (SSSR count). The highest BCUT2D eigenvalue weighted by atomic mass is 32.2. The van der Waals surface area contributed by atoms with Gasteiger partial charge in [-0.05, 0) is 24.3 Å². The fourth-order valence-electron chi connectivity index (χ4n) is 1.97. The van der Waals surface area contributed by atoms with Crippen molar-refractivity contribution in [1.82, 2.24) is 19.9 Å². The average molecular weight is 364 g/mol. The van der Waals surface area contributed by atoms with E-state index in [1.165, 1.54) is 43.4 Å². The van der Waals surface area contributed by atoms with Gasteiger partial charge < -0.3 is 4.74 Å². The summed E-state index contributed by atoms with van der Waals surface area (Å²) in [5.41, 5.74) is 0.470. The Kier molecular flexibility index (Phi) is 4.84. The Morgan fingerprint density at radius 2 is 1.56 bits per heavy atom. The lowest BCUT2D eigenvalue weighted by molar-refractivity contribution is -0.137. The molecule has 0 aliphatic rings. The molecule has 0 atom stereocenters. The van der Waals surface area contributed by atoms with Gasteiger partial charge in [-0.1, -0.05) is 11.8 Å². The Labute approximate surface area is 145 Å². The molecule has 3 aromatic rings. The maximum Gasteiger partial charge on any atom is 0.416 e. The predicted octanol–water partition coefficient (Wildman–Crippen LogP) is 4.11. The van der Waals surface area contributed by atoms with Gasteiger partial charge in [-0.3, -0.25) is 4.98 Å². The van der Waals surface area contributed by atoms with Crippen LogP contribution in [0.2, 0.25) is 0 Å². The van der Waals surface area contributed by atoms with Crippen molar-refractivity contribution >= 4 is 11.8 Å². The first-order chi connectivity index (χ1) is 12.0. The summed E-state index contributed by atoms with van der Waals surface area (Å²) >= 11 is 1.21. The van der Waals surface area contributed by atoms with Crippen molar-refractivity contribution < 1.29 is 17.9 Å². The molecule has 0 amide bonds. The van der Waals surface area contributed by atoms with E-state index in [1.54, 1.807) is 12.4 Å². The molecular formula is C16H11F3N4OS. The molecule has 0 aliphatic carbocycles. The summed E-state index contributed by atoms with van der Waals surface area (Å²) in [7, 11) is 1.46. The molecule has 0 spiro atoms. The SMILES string of the molecule is COc1ncc(-c2nccnc2Sc2ccc(C(F)(F)F)cc2)cn1. The second-order valence-corrected chi connectivity index (χ2v) is 5.85. The Hall–Kier alpha value is -2.68. The number of alkyl halides is 3. The smallest absolute Gasteiger partial charge is 0.416 e. The number of hydrogen-bond donors (Lipinski definition) is 0. The molecule has 2 heterocycles. The molecule has 0 N–H and O–H groups in total. The number of rotatable bonds is 4. The second-order valence-electron chi connectivity index (χ2n) is 4.79. The van der Waals surface area contributed by atoms with Crippen molar-refractivity contribution in [2.75, 3.05) is 7.11 Å². The van der Waals surface area contributed by atoms with Gasteiger partial charge in [0.05, 0.1) is 12.7 Å². The molecule has 2 aromatic heterocycles. The Balaban J connectivity index is 1.88. The second kappa shape index (κ2) is 7.06. The topological polar surface area (TPSA) is 60.8 Å². The van der Waals surface area contributed by atoms with Gasteiger partial charge in [0, 0.05) is 35.2 Å². The summed E-state index contributed by atoms with van der Waals surface area (Å²) in [5, 5.41) is 0.538. The summed E-state index contributed by atoms with van der Waals surface area (Å²) in [6.07, 6.45) is 1.78. The first kappa shape index (κ1) is 17.2. The minimum absolute atomic E-state index is 0.226. The molecule has 0 fully saturated rings. The standard InChI is InChI=1S/C16H11F3N4OS/c1-24-15-22-8-10(9-23-15)13-14(21-7-6-20-13)25-12-4-2-11(3-5-12)16(17,18)19/h2-9H,1H3. The van der Waals surface area contributed by atoms with Crippen LogP contribution in [0, 0.1) is 0 Å². The lowest BCUT2D eigenvalue weighted by Gasteiger charge is -2.09. The van der Waals surface area contributed by atoms with Crippen molar-refractivity contribution in [2.45, 2.75) is 16.1 Å². The van der Waals surface area contributed by atoms with Crippen LogP contribution in [0.1, 0.15) is 5.56 Å². The number of ether oxygens (including phenoxy) is 1. The highest BCUT2D eigenvalue weighted by Gasteiger charge is 2.30. The van der Waals surface area contributed by atoms with Crippen LogP contribution < -0.4 is 4.74 Å². The van der Waals surface area contributed by atoms with E-state index < -0.39 is 11.7 Å². The predicted molar refractivity (Wildman–Crippen MR) is 85.2 cm³/mol. The van der Waals surface area contributed by atoms with Gasteiger partial charge in [-0.2, -0.15) is 13.2 Å². The third kappa shape index (κ3) is 4.05. The van der Waals surface area contributed by atoms with Gasteiger partial charge in [0.25, 0.3) is 0 Å². The summed E-state index contributed by atoms with van der Waals surface area (Å²) in [5.74, 6) is 0. The van der Waals surface area contributed by atoms with Crippen LogP contribution in [0.3, 0.4) is 0 Å². The molecule has 0 bridgehead atoms. The fourth-order valence-corrected chi connectivity index (χ4v) is 2.84. The number of hydrogen-bond acceptors (Lipinski definition) is 6. The third-order valence-electron chi connectivity index (χ3n) is 3.14. The molecule has 0 unspecified atom stereocenters. The number of methoxy groups -OCH3 is 1. The van der Waals surface area contributed by atoms with Crippen molar-refractivity contribution in [2.24, 2.45) is 0 Å². The molecule has 0 saturated heterocycles. The molecule has 9 heteroatoms. The van der Waals surface area contributed by atoms with E-state index in [0.29, 0.717) is 21.2 Å². The maximum absolute atomic E-state index is 12.6. The fraction of sp³-hybridized carbons (Fsp3) is 0.125. The monoisotopic (exact) mass is 364 g/mol. The van der Waals surface area contributed by atoms with Crippen molar-refractivity contribution in [3.05, 3.63) is 54.6 Å². The van der Waals surface area contributed by atoms with Gasteiger partial charge in [-0.25, -0.2) is 15.0 Å². The normalized spacial score (nSPS) is 11.4. The molecule has 128 valence electrons. The molecule has 1 aromatic carbocycles. The van der Waals surface area contributed by atoms with Gasteiger partial charge >= 0.3 is 12.2 Å². The zero-order valence-electron chi connectivity index (χ0n) is 12.9. The van der Waals surface area contributed by atoms with Gasteiger partial charge in [0.1, 0.15) is 10.7 Å². The third-order valence-corrected chi connectivity index (χ3v) is 4.14. The van der Waals surface area contributed by atoms with Crippen LogP contribution in [0.5, 0.6) is 6.01 Å². The van der Waals surface area contributed by atoms with Gasteiger partial charge in [0.15, 0.2) is 0 Å². The minimum Gasteiger partial charge on any atom is -0.467 e. The first-order valence-corrected chi connectivity index (χ1v) is 7.81. The van der Waals surface area contributed by atoms with Gasteiger partial charge in [0.2, 0.25) is 0 Å². The molecule has 0 saturated carbocycles. The summed E-state index contributed by atoms with van der Waals surface area (Å²) in [6.45, 7) is 0. The first-order valence-electron chi connectivity index (χ1n) is 7.00. The Morgan fingerprint density at radius 1 is 0.920 bits per heavy atom. The quantitative estimate of drug-likeness (QED) is 0.694. The molecule has 25 heavy (non-hydrogen) atoms. The van der Waals surface area contributed by atoms with Crippen LogP contribution in [0.4, 0.5) is 13.2 Å². The number of nitrogens with zero attached hydrogens (tertiary/aromatic N) is 4. The van der Waals surface area contributed by atoms with Crippen LogP contribution in [0.15, 0.2) is 59.0 Å². The van der Waals surface area contributed by atoms with E-state index in [4.69, 9.17) is 4.74 Å². The minimum atomic E-state index is -4.36. The Morgan fingerprint density at radius 3 is 2.16 bits per heavy atom. The van der Waals surface area contributed by atoms with Crippen molar-refractivity contribution in [1.29, 1.82) is 0 Å². The van der Waals surface area contributed by atoms with E-state index in [0.717, 1.165) is 12.1 Å². The lowest BCUT2D eigenvalue weighted by Crippen LogP contribution is -2.03.